The maximum Gasteiger partial charge on any atom is 0.0619 e. The van der Waals surface area contributed by atoms with Crippen LogP contribution < -0.4 is 4.90 Å². The Balaban J connectivity index is 2.13. The third kappa shape index (κ3) is 1.60. The van der Waals surface area contributed by atoms with Gasteiger partial charge in [-0.2, -0.15) is 0 Å². The highest BCUT2D eigenvalue weighted by atomic mass is 15.3. The molecule has 1 aromatic rings. The summed E-state index contributed by atoms with van der Waals surface area (Å²) >= 11 is 0. The van der Waals surface area contributed by atoms with E-state index in [4.69, 9.17) is 4.98 Å². The molecule has 2 nitrogen and oxygen atoms in total. The summed E-state index contributed by atoms with van der Waals surface area (Å²) in [5.74, 6) is 0.817. The fraction of sp³-hybridized carbons (Fsp3) is 0.722. The molecule has 2 heteroatoms. The van der Waals surface area contributed by atoms with Crippen LogP contribution in [-0.4, -0.2) is 16.6 Å². The maximum atomic E-state index is 4.73. The van der Waals surface area contributed by atoms with Crippen LogP contribution in [0.15, 0.2) is 6.07 Å². The van der Waals surface area contributed by atoms with Crippen LogP contribution in [0, 0.1) is 32.1 Å². The average Bonchev–Trinajstić information content (AvgIpc) is 2.64. The summed E-state index contributed by atoms with van der Waals surface area (Å²) < 4.78 is 0. The number of piperidine rings is 1. The third-order valence-corrected chi connectivity index (χ3v) is 6.28. The van der Waals surface area contributed by atoms with Gasteiger partial charge in [0, 0.05) is 17.3 Å². The average molecular weight is 272 g/mol. The molecule has 2 heterocycles. The predicted molar refractivity (Wildman–Crippen MR) is 85.3 cm³/mol. The van der Waals surface area contributed by atoms with E-state index in [1.165, 1.54) is 29.8 Å². The van der Waals surface area contributed by atoms with E-state index in [-0.39, 0.29) is 0 Å². The number of pyridine rings is 1. The summed E-state index contributed by atoms with van der Waals surface area (Å²) in [5, 5.41) is 0. The Labute approximate surface area is 123 Å². The molecule has 4 atom stereocenters. The fourth-order valence-corrected chi connectivity index (χ4v) is 5.31. The lowest BCUT2D eigenvalue weighted by atomic mass is 9.75. The summed E-state index contributed by atoms with van der Waals surface area (Å²) in [4.78, 5) is 7.43. The van der Waals surface area contributed by atoms with Gasteiger partial charge in [-0.05, 0) is 70.4 Å². The highest BCUT2D eigenvalue weighted by molar-refractivity contribution is 5.62. The topological polar surface area (TPSA) is 16.1 Å². The first-order chi connectivity index (χ1) is 9.19. The summed E-state index contributed by atoms with van der Waals surface area (Å²) in [6.45, 7) is 16.3. The molecule has 1 aromatic heterocycles. The Morgan fingerprint density at radius 3 is 2.35 bits per heavy atom. The van der Waals surface area contributed by atoms with Crippen molar-refractivity contribution in [3.8, 4) is 0 Å². The van der Waals surface area contributed by atoms with Crippen LogP contribution in [0.25, 0.3) is 0 Å². The molecule has 1 saturated carbocycles. The molecular weight excluding hydrogens is 244 g/mol. The van der Waals surface area contributed by atoms with Gasteiger partial charge in [-0.1, -0.05) is 13.8 Å². The van der Waals surface area contributed by atoms with E-state index in [9.17, 15) is 0 Å². The van der Waals surface area contributed by atoms with E-state index in [1.54, 1.807) is 0 Å². The Hall–Kier alpha value is -1.05. The van der Waals surface area contributed by atoms with Crippen molar-refractivity contribution in [1.82, 2.24) is 4.98 Å². The second-order valence-corrected chi connectivity index (χ2v) is 7.85. The smallest absolute Gasteiger partial charge is 0.0619 e. The Bertz CT molecular complexity index is 542. The van der Waals surface area contributed by atoms with Gasteiger partial charge in [0.25, 0.3) is 0 Å². The van der Waals surface area contributed by atoms with Crippen LogP contribution in [0.3, 0.4) is 0 Å². The molecule has 3 unspecified atom stereocenters. The number of anilines is 1. The first-order valence-electron chi connectivity index (χ1n) is 7.93. The van der Waals surface area contributed by atoms with Crippen molar-refractivity contribution in [3.05, 3.63) is 23.0 Å². The Morgan fingerprint density at radius 2 is 1.85 bits per heavy atom. The molecule has 1 aliphatic heterocycles. The summed E-state index contributed by atoms with van der Waals surface area (Å²) in [5.41, 5.74) is 5.84. The van der Waals surface area contributed by atoms with E-state index in [2.05, 4.69) is 59.4 Å². The normalized spacial score (nSPS) is 39.6. The minimum atomic E-state index is 0.306. The molecule has 2 aliphatic rings. The Kier molecular flexibility index (Phi) is 2.78. The minimum Gasteiger partial charge on any atom is -0.361 e. The molecule has 0 aromatic carbocycles. The number of aryl methyl sites for hydroxylation is 3. The summed E-state index contributed by atoms with van der Waals surface area (Å²) in [6, 6.07) is 2.83. The summed E-state index contributed by atoms with van der Waals surface area (Å²) in [6.07, 6.45) is 2.62. The number of hydrogen-bond donors (Lipinski definition) is 0. The van der Waals surface area contributed by atoms with Crippen LogP contribution in [0.1, 0.15) is 57.5 Å². The quantitative estimate of drug-likeness (QED) is 0.753. The standard InChI is InChI=1S/C18H28N2/c1-11-8-13(3)19-14(4)16(11)20-15(5)18(7)10-17(20,6)9-12(18)2/h8,12,15H,9-10H2,1-7H3/t12?,15-,17?,18?/m0/s1. The Morgan fingerprint density at radius 1 is 1.20 bits per heavy atom. The van der Waals surface area contributed by atoms with Crippen molar-refractivity contribution in [2.45, 2.75) is 72.9 Å². The van der Waals surface area contributed by atoms with Gasteiger partial charge < -0.3 is 4.90 Å². The minimum absolute atomic E-state index is 0.306. The van der Waals surface area contributed by atoms with Gasteiger partial charge in [0.2, 0.25) is 0 Å². The van der Waals surface area contributed by atoms with Gasteiger partial charge in [0.1, 0.15) is 0 Å². The van der Waals surface area contributed by atoms with E-state index in [0.717, 1.165) is 11.6 Å². The molecule has 2 bridgehead atoms. The van der Waals surface area contributed by atoms with Crippen LogP contribution >= 0.6 is 0 Å². The van der Waals surface area contributed by atoms with E-state index >= 15 is 0 Å². The van der Waals surface area contributed by atoms with Gasteiger partial charge in [-0.3, -0.25) is 4.98 Å². The molecule has 1 saturated heterocycles. The molecule has 20 heavy (non-hydrogen) atoms. The van der Waals surface area contributed by atoms with Crippen molar-refractivity contribution in [3.63, 3.8) is 0 Å². The zero-order valence-corrected chi connectivity index (χ0v) is 14.0. The van der Waals surface area contributed by atoms with Crippen molar-refractivity contribution >= 4 is 5.69 Å². The van der Waals surface area contributed by atoms with Crippen molar-refractivity contribution < 1.29 is 0 Å². The van der Waals surface area contributed by atoms with Crippen LogP contribution in [-0.2, 0) is 0 Å². The number of rotatable bonds is 1. The number of aromatic nitrogens is 1. The first-order valence-corrected chi connectivity index (χ1v) is 7.93. The highest BCUT2D eigenvalue weighted by Gasteiger charge is 2.62. The third-order valence-electron chi connectivity index (χ3n) is 6.28. The number of hydrogen-bond acceptors (Lipinski definition) is 2. The van der Waals surface area contributed by atoms with E-state index < -0.39 is 0 Å². The number of fused-ring (bicyclic) bond motifs is 2. The monoisotopic (exact) mass is 272 g/mol. The van der Waals surface area contributed by atoms with Gasteiger partial charge in [0.05, 0.1) is 11.4 Å². The number of nitrogens with zero attached hydrogens (tertiary/aromatic N) is 2. The van der Waals surface area contributed by atoms with Crippen LogP contribution in [0.4, 0.5) is 5.69 Å². The molecule has 3 rings (SSSR count). The molecule has 110 valence electrons. The zero-order chi connectivity index (χ0) is 14.9. The van der Waals surface area contributed by atoms with Gasteiger partial charge in [-0.15, -0.1) is 0 Å². The SMILES string of the molecule is Cc1cc(C)c(N2[C@@H](C)C3(C)CC2(C)CC3C)c(C)n1. The lowest BCUT2D eigenvalue weighted by Gasteiger charge is -2.47. The van der Waals surface area contributed by atoms with Crippen LogP contribution in [0.2, 0.25) is 0 Å². The molecule has 0 radical (unpaired) electrons. The molecule has 1 aliphatic carbocycles. The van der Waals surface area contributed by atoms with E-state index in [0.29, 0.717) is 17.0 Å². The van der Waals surface area contributed by atoms with Crippen LogP contribution in [0.5, 0.6) is 0 Å². The largest absolute Gasteiger partial charge is 0.361 e. The predicted octanol–water partition coefficient (Wildman–Crippen LogP) is 4.41. The highest BCUT2D eigenvalue weighted by Crippen LogP contribution is 2.62. The maximum absolute atomic E-state index is 4.73. The molecule has 0 amide bonds. The first kappa shape index (κ1) is 13.9. The van der Waals surface area contributed by atoms with Gasteiger partial charge in [-0.25, -0.2) is 0 Å². The zero-order valence-electron chi connectivity index (χ0n) is 14.0. The second-order valence-electron chi connectivity index (χ2n) is 7.85. The summed E-state index contributed by atoms with van der Waals surface area (Å²) in [7, 11) is 0. The second kappa shape index (κ2) is 3.99. The lowest BCUT2D eigenvalue weighted by molar-refractivity contribution is 0.199. The molecule has 0 spiro atoms. The van der Waals surface area contributed by atoms with Crippen molar-refractivity contribution in [2.75, 3.05) is 4.90 Å². The molecular formula is C18H28N2. The van der Waals surface area contributed by atoms with E-state index in [1.807, 2.05) is 0 Å². The van der Waals surface area contributed by atoms with Gasteiger partial charge >= 0.3 is 0 Å². The fourth-order valence-electron chi connectivity index (χ4n) is 5.31. The molecule has 0 N–H and O–H groups in total. The van der Waals surface area contributed by atoms with Crippen molar-refractivity contribution in [1.29, 1.82) is 0 Å². The van der Waals surface area contributed by atoms with Crippen molar-refractivity contribution in [2.24, 2.45) is 11.3 Å². The molecule has 2 fully saturated rings. The van der Waals surface area contributed by atoms with Gasteiger partial charge in [0.15, 0.2) is 0 Å². The lowest BCUT2D eigenvalue weighted by Crippen LogP contribution is -2.51.